The van der Waals surface area contributed by atoms with E-state index in [9.17, 15) is 9.59 Å². The molecule has 140 valence electrons. The molecule has 0 radical (unpaired) electrons. The molecule has 0 aliphatic rings. The summed E-state index contributed by atoms with van der Waals surface area (Å²) in [5.74, 6) is -0.605. The van der Waals surface area contributed by atoms with Crippen LogP contribution in [0.4, 0.5) is 0 Å². The molecule has 1 amide bonds. The number of benzene rings is 2. The predicted molar refractivity (Wildman–Crippen MR) is 104 cm³/mol. The Labute approximate surface area is 168 Å². The van der Waals surface area contributed by atoms with Crippen molar-refractivity contribution in [3.8, 4) is 5.75 Å². The van der Waals surface area contributed by atoms with Crippen LogP contribution < -0.4 is 9.54 Å². The lowest BCUT2D eigenvalue weighted by molar-refractivity contribution is -0.141. The van der Waals surface area contributed by atoms with E-state index in [1.165, 1.54) is 24.5 Å². The molecular formula is C18H14Cl2N2O4S. The van der Waals surface area contributed by atoms with Crippen LogP contribution in [-0.4, -0.2) is 30.2 Å². The van der Waals surface area contributed by atoms with Crippen LogP contribution >= 0.6 is 34.5 Å². The van der Waals surface area contributed by atoms with Gasteiger partial charge in [0.1, 0.15) is 12.3 Å². The van der Waals surface area contributed by atoms with E-state index >= 15 is 0 Å². The number of fused-ring (bicyclic) bond motifs is 1. The predicted octanol–water partition coefficient (Wildman–Crippen LogP) is 3.69. The molecule has 6 nitrogen and oxygen atoms in total. The fourth-order valence-corrected chi connectivity index (χ4v) is 3.83. The molecule has 27 heavy (non-hydrogen) atoms. The van der Waals surface area contributed by atoms with E-state index in [1.807, 2.05) is 24.3 Å². The second-order valence-electron chi connectivity index (χ2n) is 5.38. The number of aromatic nitrogens is 1. The van der Waals surface area contributed by atoms with E-state index < -0.39 is 11.9 Å². The van der Waals surface area contributed by atoms with Gasteiger partial charge in [-0.15, -0.1) is 0 Å². The van der Waals surface area contributed by atoms with Crippen LogP contribution in [0.2, 0.25) is 10.0 Å². The van der Waals surface area contributed by atoms with Gasteiger partial charge in [-0.2, -0.15) is 4.99 Å². The zero-order chi connectivity index (χ0) is 19.4. The summed E-state index contributed by atoms with van der Waals surface area (Å²) in [4.78, 5) is 28.5. The number of hydrogen-bond acceptors (Lipinski definition) is 5. The SMILES string of the molecule is COC(=O)Cn1c(=NC(=O)COc2ccc(Cl)cc2Cl)sc2ccccc21. The average Bonchev–Trinajstić information content (AvgIpc) is 2.98. The Morgan fingerprint density at radius 2 is 1.96 bits per heavy atom. The Balaban J connectivity index is 1.86. The lowest BCUT2D eigenvalue weighted by atomic mass is 10.3. The first kappa shape index (κ1) is 19.4. The number of methoxy groups -OCH3 is 1. The highest BCUT2D eigenvalue weighted by molar-refractivity contribution is 7.16. The Kier molecular flexibility index (Phi) is 6.15. The number of thiazole rings is 1. The number of amides is 1. The molecule has 0 atom stereocenters. The number of para-hydroxylation sites is 1. The van der Waals surface area contributed by atoms with E-state index in [1.54, 1.807) is 16.7 Å². The van der Waals surface area contributed by atoms with Crippen molar-refractivity contribution in [3.05, 3.63) is 57.3 Å². The van der Waals surface area contributed by atoms with Crippen molar-refractivity contribution < 1.29 is 19.1 Å². The molecule has 2 aromatic carbocycles. The van der Waals surface area contributed by atoms with Crippen molar-refractivity contribution in [2.24, 2.45) is 4.99 Å². The van der Waals surface area contributed by atoms with Crippen LogP contribution in [0.15, 0.2) is 47.5 Å². The van der Waals surface area contributed by atoms with Gasteiger partial charge >= 0.3 is 5.97 Å². The molecule has 9 heteroatoms. The van der Waals surface area contributed by atoms with Gasteiger partial charge in [0.15, 0.2) is 11.4 Å². The van der Waals surface area contributed by atoms with Crippen molar-refractivity contribution in [3.63, 3.8) is 0 Å². The first-order chi connectivity index (χ1) is 13.0. The Morgan fingerprint density at radius 1 is 1.19 bits per heavy atom. The van der Waals surface area contributed by atoms with Crippen molar-refractivity contribution in [2.75, 3.05) is 13.7 Å². The topological polar surface area (TPSA) is 69.9 Å². The number of carbonyl (C=O) groups excluding carboxylic acids is 2. The smallest absolute Gasteiger partial charge is 0.325 e. The standard InChI is InChI=1S/C18H14Cl2N2O4S/c1-25-17(24)9-22-13-4-2-3-5-15(13)27-18(22)21-16(23)10-26-14-7-6-11(19)8-12(14)20/h2-8H,9-10H2,1H3. The molecule has 0 aliphatic heterocycles. The maximum atomic E-state index is 12.3. The minimum atomic E-state index is -0.508. The number of hydrogen-bond donors (Lipinski definition) is 0. The van der Waals surface area contributed by atoms with Gasteiger partial charge in [-0.05, 0) is 30.3 Å². The van der Waals surface area contributed by atoms with Gasteiger partial charge in [0.2, 0.25) is 0 Å². The molecule has 0 unspecified atom stereocenters. The summed E-state index contributed by atoms with van der Waals surface area (Å²) >= 11 is 13.2. The van der Waals surface area contributed by atoms with Crippen molar-refractivity contribution >= 4 is 56.6 Å². The van der Waals surface area contributed by atoms with Crippen LogP contribution in [0, 0.1) is 0 Å². The highest BCUT2D eigenvalue weighted by atomic mass is 35.5. The van der Waals surface area contributed by atoms with Gasteiger partial charge in [-0.3, -0.25) is 9.59 Å². The first-order valence-corrected chi connectivity index (χ1v) is 9.36. The monoisotopic (exact) mass is 424 g/mol. The zero-order valence-corrected chi connectivity index (χ0v) is 16.5. The highest BCUT2D eigenvalue weighted by Gasteiger charge is 2.12. The Hall–Kier alpha value is -2.35. The molecular weight excluding hydrogens is 411 g/mol. The van der Waals surface area contributed by atoms with Gasteiger partial charge in [-0.25, -0.2) is 0 Å². The van der Waals surface area contributed by atoms with Crippen molar-refractivity contribution in [1.82, 2.24) is 4.57 Å². The molecule has 0 saturated heterocycles. The van der Waals surface area contributed by atoms with E-state index in [0.29, 0.717) is 20.6 Å². The molecule has 3 rings (SSSR count). The van der Waals surface area contributed by atoms with Gasteiger partial charge in [-0.1, -0.05) is 46.7 Å². The second kappa shape index (κ2) is 8.56. The maximum absolute atomic E-state index is 12.3. The van der Waals surface area contributed by atoms with Crippen LogP contribution in [0.5, 0.6) is 5.75 Å². The molecule has 1 heterocycles. The van der Waals surface area contributed by atoms with Gasteiger partial charge in [0.05, 0.1) is 22.3 Å². The first-order valence-electron chi connectivity index (χ1n) is 7.78. The number of ether oxygens (including phenoxy) is 2. The fraction of sp³-hybridized carbons (Fsp3) is 0.167. The lowest BCUT2D eigenvalue weighted by Crippen LogP contribution is -2.23. The molecule has 0 aliphatic carbocycles. The summed E-state index contributed by atoms with van der Waals surface area (Å²) in [5.41, 5.74) is 0.793. The van der Waals surface area contributed by atoms with Crippen LogP contribution in [0.3, 0.4) is 0 Å². The molecule has 0 saturated carbocycles. The number of carbonyl (C=O) groups is 2. The largest absolute Gasteiger partial charge is 0.482 e. The number of esters is 1. The quantitative estimate of drug-likeness (QED) is 0.585. The van der Waals surface area contributed by atoms with Gasteiger partial charge in [0, 0.05) is 5.02 Å². The Morgan fingerprint density at radius 3 is 2.70 bits per heavy atom. The van der Waals surface area contributed by atoms with E-state index in [4.69, 9.17) is 32.7 Å². The van der Waals surface area contributed by atoms with Gasteiger partial charge < -0.3 is 14.0 Å². The summed E-state index contributed by atoms with van der Waals surface area (Å²) in [6, 6.07) is 12.2. The number of halogens is 2. The molecule has 3 aromatic rings. The fourth-order valence-electron chi connectivity index (χ4n) is 2.32. The van der Waals surface area contributed by atoms with Gasteiger partial charge in [0.25, 0.3) is 5.91 Å². The van der Waals surface area contributed by atoms with E-state index in [-0.39, 0.29) is 13.2 Å². The maximum Gasteiger partial charge on any atom is 0.325 e. The van der Waals surface area contributed by atoms with Crippen molar-refractivity contribution in [1.29, 1.82) is 0 Å². The third-order valence-corrected chi connectivity index (χ3v) is 5.16. The molecule has 0 N–H and O–H groups in total. The summed E-state index contributed by atoms with van der Waals surface area (Å²) in [5, 5.41) is 0.774. The highest BCUT2D eigenvalue weighted by Crippen LogP contribution is 2.27. The van der Waals surface area contributed by atoms with Crippen molar-refractivity contribution in [2.45, 2.75) is 6.54 Å². The summed E-state index contributed by atoms with van der Waals surface area (Å²) < 4.78 is 12.7. The molecule has 0 spiro atoms. The minimum absolute atomic E-state index is 0.0451. The van der Waals surface area contributed by atoms with Crippen LogP contribution in [0.1, 0.15) is 0 Å². The second-order valence-corrected chi connectivity index (χ2v) is 7.24. The minimum Gasteiger partial charge on any atom is -0.482 e. The lowest BCUT2D eigenvalue weighted by Gasteiger charge is -2.06. The molecule has 0 fully saturated rings. The molecule has 0 bridgehead atoms. The Bertz CT molecular complexity index is 1070. The summed E-state index contributed by atoms with van der Waals surface area (Å²) in [6.07, 6.45) is 0. The summed E-state index contributed by atoms with van der Waals surface area (Å²) in [7, 11) is 1.31. The zero-order valence-electron chi connectivity index (χ0n) is 14.1. The van der Waals surface area contributed by atoms with E-state index in [0.717, 1.165) is 10.2 Å². The number of rotatable bonds is 5. The average molecular weight is 425 g/mol. The third kappa shape index (κ3) is 4.68. The number of nitrogens with zero attached hydrogens (tertiary/aromatic N) is 2. The van der Waals surface area contributed by atoms with E-state index in [2.05, 4.69) is 4.99 Å². The normalized spacial score (nSPS) is 11.6. The summed E-state index contributed by atoms with van der Waals surface area (Å²) in [6.45, 7) is -0.343. The molecule has 1 aromatic heterocycles. The third-order valence-electron chi connectivity index (χ3n) is 3.57. The van der Waals surface area contributed by atoms with Crippen LogP contribution in [0.25, 0.3) is 10.2 Å². The van der Waals surface area contributed by atoms with Crippen LogP contribution in [-0.2, 0) is 20.9 Å².